The lowest BCUT2D eigenvalue weighted by atomic mass is 9.91. The Bertz CT molecular complexity index is 1620. The molecular formula is C28H23Cl2N5O4. The number of carbonyl (C=O) groups excluding carboxylic acids is 3. The van der Waals surface area contributed by atoms with Gasteiger partial charge in [0.1, 0.15) is 5.92 Å². The molecule has 4 rings (SSSR count). The molecule has 9 nitrogen and oxygen atoms in total. The van der Waals surface area contributed by atoms with Gasteiger partial charge in [0.15, 0.2) is 5.71 Å². The number of fused-ring (bicyclic) bond motifs is 1. The summed E-state index contributed by atoms with van der Waals surface area (Å²) in [5, 5.41) is 7.61. The number of esters is 1. The van der Waals surface area contributed by atoms with Crippen LogP contribution in [0, 0.1) is 13.8 Å². The molecule has 0 saturated carbocycles. The monoisotopic (exact) mass is 563 g/mol. The molecule has 4 aromatic rings. The zero-order valence-corrected chi connectivity index (χ0v) is 22.7. The number of Topliss-reactive ketones (excluding diaryl/α,β-unsaturated/α-hetero) is 1. The number of aryl methyl sites for hydroxylation is 1. The Morgan fingerprint density at radius 1 is 0.923 bits per heavy atom. The predicted octanol–water partition coefficient (Wildman–Crippen LogP) is 5.49. The summed E-state index contributed by atoms with van der Waals surface area (Å²) in [6.07, 6.45) is 0. The SMILES string of the molecule is COC(=O)/C(=N\Nc1cccc(Cl)c1)C(C(=O)C(=O)Nc1cccc(Cl)c1C)c1nc2ccccc2nc1C. The second-order valence-corrected chi connectivity index (χ2v) is 9.30. The Hall–Kier alpha value is -4.34. The van der Waals surface area contributed by atoms with Crippen molar-refractivity contribution >= 4 is 69.0 Å². The van der Waals surface area contributed by atoms with Crippen molar-refractivity contribution in [1.82, 2.24) is 9.97 Å². The van der Waals surface area contributed by atoms with E-state index in [1.165, 1.54) is 0 Å². The van der Waals surface area contributed by atoms with E-state index in [1.54, 1.807) is 80.6 Å². The second kappa shape index (κ2) is 12.0. The van der Waals surface area contributed by atoms with Crippen LogP contribution in [0.1, 0.15) is 22.9 Å². The fourth-order valence-electron chi connectivity index (χ4n) is 3.83. The number of halogens is 2. The molecule has 0 bridgehead atoms. The first-order chi connectivity index (χ1) is 18.7. The molecule has 0 saturated heterocycles. The third kappa shape index (κ3) is 6.22. The number of anilines is 2. The van der Waals surface area contributed by atoms with Crippen LogP contribution in [0.5, 0.6) is 0 Å². The van der Waals surface area contributed by atoms with Crippen LogP contribution >= 0.6 is 23.2 Å². The van der Waals surface area contributed by atoms with Gasteiger partial charge >= 0.3 is 5.97 Å². The summed E-state index contributed by atoms with van der Waals surface area (Å²) in [5.74, 6) is -4.50. The van der Waals surface area contributed by atoms with Crippen LogP contribution in [0.25, 0.3) is 11.0 Å². The smallest absolute Gasteiger partial charge is 0.355 e. The number of para-hydroxylation sites is 2. The summed E-state index contributed by atoms with van der Waals surface area (Å²) in [4.78, 5) is 49.3. The molecule has 1 unspecified atom stereocenters. The van der Waals surface area contributed by atoms with Gasteiger partial charge in [0.05, 0.1) is 35.2 Å². The van der Waals surface area contributed by atoms with E-state index in [2.05, 4.69) is 25.8 Å². The Morgan fingerprint density at radius 3 is 2.31 bits per heavy atom. The Kier molecular flexibility index (Phi) is 8.53. The van der Waals surface area contributed by atoms with Crippen molar-refractivity contribution in [1.29, 1.82) is 0 Å². The molecule has 0 aliphatic heterocycles. The number of carbonyl (C=O) groups is 3. The fraction of sp³-hybridized carbons (Fsp3) is 0.143. The topological polar surface area (TPSA) is 123 Å². The molecule has 1 amide bonds. The Morgan fingerprint density at radius 2 is 1.62 bits per heavy atom. The number of ketones is 1. The number of hydrazone groups is 1. The van der Waals surface area contributed by atoms with E-state index in [9.17, 15) is 14.4 Å². The van der Waals surface area contributed by atoms with Gasteiger partial charge in [-0.05, 0) is 61.9 Å². The molecule has 1 heterocycles. The van der Waals surface area contributed by atoms with Crippen molar-refractivity contribution in [3.63, 3.8) is 0 Å². The first kappa shape index (κ1) is 27.7. The number of rotatable bonds is 8. The maximum absolute atomic E-state index is 13.8. The molecule has 0 fully saturated rings. The molecule has 0 aliphatic carbocycles. The highest BCUT2D eigenvalue weighted by atomic mass is 35.5. The van der Waals surface area contributed by atoms with Crippen molar-refractivity contribution < 1.29 is 19.1 Å². The van der Waals surface area contributed by atoms with Crippen LogP contribution in [0.15, 0.2) is 71.8 Å². The van der Waals surface area contributed by atoms with Gasteiger partial charge in [-0.15, -0.1) is 0 Å². The van der Waals surface area contributed by atoms with E-state index in [-0.39, 0.29) is 5.69 Å². The Balaban J connectivity index is 1.84. The molecular weight excluding hydrogens is 541 g/mol. The molecule has 39 heavy (non-hydrogen) atoms. The normalized spacial score (nSPS) is 12.1. The molecule has 198 valence electrons. The summed E-state index contributed by atoms with van der Waals surface area (Å²) in [5.41, 5.74) is 5.14. The first-order valence-electron chi connectivity index (χ1n) is 11.7. The fourth-order valence-corrected chi connectivity index (χ4v) is 4.19. The minimum Gasteiger partial charge on any atom is -0.464 e. The molecule has 0 spiro atoms. The van der Waals surface area contributed by atoms with Crippen molar-refractivity contribution in [2.24, 2.45) is 5.10 Å². The highest BCUT2D eigenvalue weighted by molar-refractivity contribution is 6.53. The van der Waals surface area contributed by atoms with Gasteiger partial charge in [-0.3, -0.25) is 15.0 Å². The lowest BCUT2D eigenvalue weighted by molar-refractivity contribution is -0.136. The second-order valence-electron chi connectivity index (χ2n) is 8.46. The Labute approximate surface area is 234 Å². The van der Waals surface area contributed by atoms with Gasteiger partial charge in [0.2, 0.25) is 5.78 Å². The maximum Gasteiger partial charge on any atom is 0.355 e. The number of methoxy groups -OCH3 is 1. The van der Waals surface area contributed by atoms with Gasteiger partial charge in [0.25, 0.3) is 5.91 Å². The van der Waals surface area contributed by atoms with Crippen LogP contribution in [0.2, 0.25) is 10.0 Å². The zero-order valence-electron chi connectivity index (χ0n) is 21.2. The van der Waals surface area contributed by atoms with Crippen LogP contribution in [0.3, 0.4) is 0 Å². The predicted molar refractivity (Wildman–Crippen MR) is 151 cm³/mol. The summed E-state index contributed by atoms with van der Waals surface area (Å²) in [6, 6.07) is 18.5. The summed E-state index contributed by atoms with van der Waals surface area (Å²) in [7, 11) is 1.15. The van der Waals surface area contributed by atoms with Crippen LogP contribution in [-0.2, 0) is 19.1 Å². The van der Waals surface area contributed by atoms with E-state index < -0.39 is 29.3 Å². The number of nitrogens with one attached hydrogen (secondary N) is 2. The average molecular weight is 564 g/mol. The molecule has 0 aliphatic rings. The van der Waals surface area contributed by atoms with Gasteiger partial charge in [-0.25, -0.2) is 14.8 Å². The van der Waals surface area contributed by atoms with E-state index >= 15 is 0 Å². The average Bonchev–Trinajstić information content (AvgIpc) is 2.92. The summed E-state index contributed by atoms with van der Waals surface area (Å²) >= 11 is 12.2. The van der Waals surface area contributed by atoms with E-state index in [0.717, 1.165) is 7.11 Å². The number of aromatic nitrogens is 2. The van der Waals surface area contributed by atoms with Gasteiger partial charge in [-0.1, -0.05) is 47.5 Å². The minimum atomic E-state index is -1.55. The van der Waals surface area contributed by atoms with Crippen LogP contribution in [0.4, 0.5) is 11.4 Å². The third-order valence-corrected chi connectivity index (χ3v) is 6.50. The summed E-state index contributed by atoms with van der Waals surface area (Å²) < 4.78 is 4.95. The van der Waals surface area contributed by atoms with Crippen molar-refractivity contribution in [3.05, 3.63) is 93.7 Å². The maximum atomic E-state index is 13.8. The first-order valence-corrected chi connectivity index (χ1v) is 12.5. The number of hydrogen-bond donors (Lipinski definition) is 2. The minimum absolute atomic E-state index is 0.0775. The van der Waals surface area contributed by atoms with E-state index in [0.29, 0.717) is 43.7 Å². The van der Waals surface area contributed by atoms with Crippen LogP contribution < -0.4 is 10.7 Å². The van der Waals surface area contributed by atoms with Gasteiger partial charge in [-0.2, -0.15) is 5.10 Å². The molecule has 1 aromatic heterocycles. The zero-order chi connectivity index (χ0) is 28.1. The van der Waals surface area contributed by atoms with Crippen molar-refractivity contribution in [2.75, 3.05) is 17.9 Å². The van der Waals surface area contributed by atoms with Crippen LogP contribution in [-0.4, -0.2) is 40.4 Å². The molecule has 2 N–H and O–H groups in total. The molecule has 1 atom stereocenters. The third-order valence-electron chi connectivity index (χ3n) is 5.85. The van der Waals surface area contributed by atoms with Gasteiger partial charge < -0.3 is 10.1 Å². The van der Waals surface area contributed by atoms with E-state index in [1.807, 2.05) is 0 Å². The highest BCUT2D eigenvalue weighted by Gasteiger charge is 2.39. The van der Waals surface area contributed by atoms with Crippen molar-refractivity contribution in [3.8, 4) is 0 Å². The number of amides is 1. The quantitative estimate of drug-likeness (QED) is 0.126. The summed E-state index contributed by atoms with van der Waals surface area (Å²) in [6.45, 7) is 3.34. The van der Waals surface area contributed by atoms with Crippen molar-refractivity contribution in [2.45, 2.75) is 19.8 Å². The number of nitrogens with zero attached hydrogens (tertiary/aromatic N) is 3. The molecule has 0 radical (unpaired) electrons. The highest BCUT2D eigenvalue weighted by Crippen LogP contribution is 2.27. The number of ether oxygens (including phenoxy) is 1. The molecule has 11 heteroatoms. The standard InChI is InChI=1S/C28H23Cl2N5O4/c1-15-19(30)10-7-13-20(15)33-27(37)26(36)23(24-16(2)31-21-11-4-5-12-22(21)32-24)25(28(38)39-3)35-34-18-9-6-8-17(29)14-18/h4-14,23,34H,1-3H3,(H,33,37)/b35-25-. The number of hydrogen-bond acceptors (Lipinski definition) is 8. The lowest BCUT2D eigenvalue weighted by Crippen LogP contribution is -2.38. The van der Waals surface area contributed by atoms with E-state index in [4.69, 9.17) is 27.9 Å². The number of benzene rings is 3. The lowest BCUT2D eigenvalue weighted by Gasteiger charge is -2.19. The molecule has 3 aromatic carbocycles. The largest absolute Gasteiger partial charge is 0.464 e. The van der Waals surface area contributed by atoms with Gasteiger partial charge in [0, 0.05) is 15.7 Å².